The largest absolute Gasteiger partial charge is 0.505 e. The minimum absolute atomic E-state index is 0.00414. The van der Waals surface area contributed by atoms with Crippen LogP contribution in [0.25, 0.3) is 0 Å². The van der Waals surface area contributed by atoms with Gasteiger partial charge in [-0.25, -0.2) is 0 Å². The second-order valence-electron chi connectivity index (χ2n) is 6.20. The lowest BCUT2D eigenvalue weighted by Crippen LogP contribution is -2.36. The maximum absolute atomic E-state index is 12.3. The van der Waals surface area contributed by atoms with Gasteiger partial charge in [0, 0.05) is 25.5 Å². The molecule has 1 aromatic heterocycles. The standard InChI is InChI=1S/C19H16N4O4S/c1-23(2)19(27)12-6-10(8-20)7-13(16(12)24)22-15-14(17(25)18(15)26)21-9-11-4-3-5-28-11/h3-7,21-22,24H,9H2,1-2H3. The third-order valence-electron chi connectivity index (χ3n) is 4.07. The number of nitrogens with zero attached hydrogens (tertiary/aromatic N) is 2. The summed E-state index contributed by atoms with van der Waals surface area (Å²) in [7, 11) is 3.02. The number of nitrogens with one attached hydrogen (secondary N) is 2. The second kappa shape index (κ2) is 7.54. The zero-order valence-corrected chi connectivity index (χ0v) is 15.9. The quantitative estimate of drug-likeness (QED) is 0.430. The van der Waals surface area contributed by atoms with E-state index in [1.165, 1.54) is 42.5 Å². The van der Waals surface area contributed by atoms with Gasteiger partial charge >= 0.3 is 0 Å². The molecule has 9 heteroatoms. The lowest BCUT2D eigenvalue weighted by molar-refractivity contribution is 0.0824. The summed E-state index contributed by atoms with van der Waals surface area (Å²) < 4.78 is 0. The molecule has 3 aromatic rings. The Hall–Kier alpha value is -3.64. The molecule has 0 saturated carbocycles. The Morgan fingerprint density at radius 3 is 2.57 bits per heavy atom. The Balaban J connectivity index is 1.94. The summed E-state index contributed by atoms with van der Waals surface area (Å²) in [6.07, 6.45) is 0. The maximum Gasteiger partial charge on any atom is 0.257 e. The van der Waals surface area contributed by atoms with E-state index < -0.39 is 22.5 Å². The number of amides is 1. The minimum Gasteiger partial charge on any atom is -0.505 e. The fourth-order valence-corrected chi connectivity index (χ4v) is 3.25. The number of phenols is 1. The first-order valence-corrected chi connectivity index (χ1v) is 9.06. The molecule has 0 aliphatic rings. The van der Waals surface area contributed by atoms with Crippen LogP contribution in [0.15, 0.2) is 39.2 Å². The van der Waals surface area contributed by atoms with Crippen LogP contribution in [-0.2, 0) is 6.54 Å². The van der Waals surface area contributed by atoms with Crippen molar-refractivity contribution >= 4 is 34.3 Å². The highest BCUT2D eigenvalue weighted by atomic mass is 32.1. The fraction of sp³-hybridized carbons (Fsp3) is 0.158. The van der Waals surface area contributed by atoms with Crippen molar-refractivity contribution in [2.75, 3.05) is 24.7 Å². The van der Waals surface area contributed by atoms with Crippen molar-refractivity contribution in [3.05, 3.63) is 66.1 Å². The van der Waals surface area contributed by atoms with Gasteiger partial charge in [0.2, 0.25) is 0 Å². The first kappa shape index (κ1) is 19.1. The van der Waals surface area contributed by atoms with E-state index in [2.05, 4.69) is 10.6 Å². The van der Waals surface area contributed by atoms with Gasteiger partial charge in [0.1, 0.15) is 11.4 Å². The molecule has 0 aliphatic carbocycles. The summed E-state index contributed by atoms with van der Waals surface area (Å²) in [5.74, 6) is -0.909. The van der Waals surface area contributed by atoms with E-state index >= 15 is 0 Å². The molecule has 28 heavy (non-hydrogen) atoms. The van der Waals surface area contributed by atoms with Crippen molar-refractivity contribution in [3.8, 4) is 11.8 Å². The predicted octanol–water partition coefficient (Wildman–Crippen LogP) is 1.98. The van der Waals surface area contributed by atoms with E-state index in [1.807, 2.05) is 23.6 Å². The molecule has 142 valence electrons. The molecule has 3 rings (SSSR count). The molecule has 0 fully saturated rings. The normalized spacial score (nSPS) is 10.5. The maximum atomic E-state index is 12.3. The number of hydrogen-bond acceptors (Lipinski definition) is 8. The number of rotatable bonds is 6. The van der Waals surface area contributed by atoms with Crippen molar-refractivity contribution in [1.29, 1.82) is 5.26 Å². The van der Waals surface area contributed by atoms with Crippen molar-refractivity contribution in [2.45, 2.75) is 6.54 Å². The number of carbonyl (C=O) groups is 1. The van der Waals surface area contributed by atoms with E-state index in [4.69, 9.17) is 0 Å². The molecular weight excluding hydrogens is 380 g/mol. The predicted molar refractivity (Wildman–Crippen MR) is 107 cm³/mol. The lowest BCUT2D eigenvalue weighted by Gasteiger charge is -2.18. The summed E-state index contributed by atoms with van der Waals surface area (Å²) in [6.45, 7) is 0.367. The van der Waals surface area contributed by atoms with Crippen molar-refractivity contribution in [3.63, 3.8) is 0 Å². The van der Waals surface area contributed by atoms with E-state index in [0.717, 1.165) is 4.88 Å². The number of anilines is 3. The van der Waals surface area contributed by atoms with Crippen LogP contribution >= 0.6 is 11.3 Å². The second-order valence-corrected chi connectivity index (χ2v) is 7.23. The zero-order valence-electron chi connectivity index (χ0n) is 15.1. The van der Waals surface area contributed by atoms with Gasteiger partial charge in [-0.2, -0.15) is 5.26 Å². The molecule has 3 N–H and O–H groups in total. The smallest absolute Gasteiger partial charge is 0.257 e. The van der Waals surface area contributed by atoms with Crippen LogP contribution < -0.4 is 21.5 Å². The number of hydrogen-bond donors (Lipinski definition) is 3. The fourth-order valence-electron chi connectivity index (χ4n) is 2.60. The molecule has 0 bridgehead atoms. The van der Waals surface area contributed by atoms with Gasteiger partial charge in [0.05, 0.1) is 22.9 Å². The summed E-state index contributed by atoms with van der Waals surface area (Å²) >= 11 is 1.50. The van der Waals surface area contributed by atoms with Crippen LogP contribution in [0.5, 0.6) is 5.75 Å². The molecule has 1 heterocycles. The van der Waals surface area contributed by atoms with Gasteiger partial charge in [0.15, 0.2) is 5.75 Å². The molecule has 1 amide bonds. The van der Waals surface area contributed by atoms with Crippen molar-refractivity contribution in [1.82, 2.24) is 4.90 Å². The van der Waals surface area contributed by atoms with Crippen molar-refractivity contribution in [2.24, 2.45) is 0 Å². The van der Waals surface area contributed by atoms with Gasteiger partial charge in [0.25, 0.3) is 16.8 Å². The molecule has 0 atom stereocenters. The van der Waals surface area contributed by atoms with E-state index in [-0.39, 0.29) is 28.2 Å². The summed E-state index contributed by atoms with van der Waals surface area (Å²) in [5, 5.41) is 27.2. The van der Waals surface area contributed by atoms with Gasteiger partial charge in [-0.3, -0.25) is 14.4 Å². The average Bonchev–Trinajstić information content (AvgIpc) is 3.20. The number of thiophene rings is 1. The highest BCUT2D eigenvalue weighted by Gasteiger charge is 2.24. The van der Waals surface area contributed by atoms with Crippen LogP contribution in [0.3, 0.4) is 0 Å². The van der Waals surface area contributed by atoms with Gasteiger partial charge in [-0.05, 0) is 23.6 Å². The number of phenolic OH excluding ortho intramolecular Hbond substituents is 1. The van der Waals surface area contributed by atoms with Crippen LogP contribution in [0.4, 0.5) is 17.1 Å². The van der Waals surface area contributed by atoms with Crippen LogP contribution in [0, 0.1) is 11.3 Å². The third kappa shape index (κ3) is 3.45. The Morgan fingerprint density at radius 2 is 1.96 bits per heavy atom. The lowest BCUT2D eigenvalue weighted by atomic mass is 10.1. The Bertz CT molecular complexity index is 1150. The van der Waals surface area contributed by atoms with E-state index in [1.54, 1.807) is 0 Å². The molecule has 0 radical (unpaired) electrons. The molecule has 0 saturated heterocycles. The highest BCUT2D eigenvalue weighted by Crippen LogP contribution is 2.33. The molecule has 0 unspecified atom stereocenters. The third-order valence-corrected chi connectivity index (χ3v) is 4.94. The van der Waals surface area contributed by atoms with Gasteiger partial charge in [-0.1, -0.05) is 6.07 Å². The summed E-state index contributed by atoms with van der Waals surface area (Å²) in [5.41, 5.74) is -1.29. The van der Waals surface area contributed by atoms with Gasteiger partial charge < -0.3 is 20.6 Å². The Morgan fingerprint density at radius 1 is 1.25 bits per heavy atom. The first-order chi connectivity index (χ1) is 13.3. The van der Waals surface area contributed by atoms with E-state index in [0.29, 0.717) is 6.54 Å². The highest BCUT2D eigenvalue weighted by molar-refractivity contribution is 7.09. The summed E-state index contributed by atoms with van der Waals surface area (Å²) in [4.78, 5) is 38.4. The van der Waals surface area contributed by atoms with Gasteiger partial charge in [-0.15, -0.1) is 11.3 Å². The number of aromatic hydroxyl groups is 1. The molecule has 0 spiro atoms. The monoisotopic (exact) mass is 396 g/mol. The van der Waals surface area contributed by atoms with Crippen molar-refractivity contribution < 1.29 is 9.90 Å². The number of benzene rings is 1. The number of carbonyl (C=O) groups excluding carboxylic acids is 1. The first-order valence-electron chi connectivity index (χ1n) is 8.18. The van der Waals surface area contributed by atoms with Crippen LogP contribution in [0.1, 0.15) is 20.8 Å². The van der Waals surface area contributed by atoms with Crippen LogP contribution in [0.2, 0.25) is 0 Å². The molecule has 0 aliphatic heterocycles. The Kier molecular flexibility index (Phi) is 5.15. The topological polar surface area (TPSA) is 123 Å². The molecule has 2 aromatic carbocycles. The van der Waals surface area contributed by atoms with E-state index in [9.17, 15) is 24.8 Å². The Labute approximate surface area is 164 Å². The SMILES string of the molecule is CN(C)C(=O)c1cc(C#N)cc(Nc2c(NCc3cccs3)c(=O)c2=O)c1O. The molecule has 8 nitrogen and oxygen atoms in total. The summed E-state index contributed by atoms with van der Waals surface area (Å²) in [6, 6.07) is 8.24. The minimum atomic E-state index is -0.740. The van der Waals surface area contributed by atoms with Crippen LogP contribution in [-0.4, -0.2) is 30.0 Å². The average molecular weight is 396 g/mol. The number of nitriles is 1. The molecular formula is C19H16N4O4S. The zero-order chi connectivity index (χ0) is 20.4.